The van der Waals surface area contributed by atoms with Gasteiger partial charge in [-0.3, -0.25) is 9.69 Å². The number of nitrogens with zero attached hydrogens (tertiary/aromatic N) is 2. The third-order valence-corrected chi connectivity index (χ3v) is 2.94. The molecule has 1 N–H and O–H groups in total. The molecule has 0 unspecified atom stereocenters. The molecule has 0 saturated carbocycles. The van der Waals surface area contributed by atoms with Crippen molar-refractivity contribution in [1.29, 1.82) is 0 Å². The number of carbonyl (C=O) groups is 1. The van der Waals surface area contributed by atoms with Gasteiger partial charge in [-0.2, -0.15) is 0 Å². The predicted molar refractivity (Wildman–Crippen MR) is 55.7 cm³/mol. The summed E-state index contributed by atoms with van der Waals surface area (Å²) in [6, 6.07) is 0. The number of carbonyl (C=O) groups excluding carboxylic acids is 1. The van der Waals surface area contributed by atoms with Crippen molar-refractivity contribution in [3.8, 4) is 0 Å². The molecule has 5 heteroatoms. The lowest BCUT2D eigenvalue weighted by Crippen LogP contribution is -2.21. The van der Waals surface area contributed by atoms with Gasteiger partial charge in [0.05, 0.1) is 23.7 Å². The first-order valence-electron chi connectivity index (χ1n) is 4.38. The van der Waals surface area contributed by atoms with E-state index in [1.165, 1.54) is 11.3 Å². The van der Waals surface area contributed by atoms with Crippen LogP contribution >= 0.6 is 11.3 Å². The van der Waals surface area contributed by atoms with E-state index in [1.807, 2.05) is 18.9 Å². The predicted octanol–water partition coefficient (Wildman–Crippen LogP) is 0.688. The van der Waals surface area contributed by atoms with Gasteiger partial charge in [-0.05, 0) is 14.0 Å². The number of aldehydes is 1. The highest BCUT2D eigenvalue weighted by Crippen LogP contribution is 2.16. The molecule has 1 aromatic heterocycles. The fraction of sp³-hybridized carbons (Fsp3) is 0.556. The van der Waals surface area contributed by atoms with Gasteiger partial charge in [0.1, 0.15) is 5.01 Å². The van der Waals surface area contributed by atoms with Crippen molar-refractivity contribution in [1.82, 2.24) is 9.88 Å². The topological polar surface area (TPSA) is 53.4 Å². The second-order valence-corrected chi connectivity index (χ2v) is 4.25. The molecular weight excluding hydrogens is 200 g/mol. The van der Waals surface area contributed by atoms with Crippen LogP contribution in [0.5, 0.6) is 0 Å². The average molecular weight is 214 g/mol. The van der Waals surface area contributed by atoms with Crippen LogP contribution in [0.15, 0.2) is 0 Å². The molecule has 0 spiro atoms. The molecule has 0 radical (unpaired) electrons. The Balaban J connectivity index is 2.63. The molecule has 0 aromatic carbocycles. The van der Waals surface area contributed by atoms with Crippen molar-refractivity contribution in [3.05, 3.63) is 15.6 Å². The second-order valence-electron chi connectivity index (χ2n) is 3.14. The SMILES string of the molecule is Cc1nc(CN(C)CCO)sc1C=O. The number of aliphatic hydroxyl groups is 1. The van der Waals surface area contributed by atoms with Crippen LogP contribution in [0.4, 0.5) is 0 Å². The molecule has 1 aromatic rings. The zero-order valence-electron chi connectivity index (χ0n) is 8.36. The van der Waals surface area contributed by atoms with Crippen LogP contribution in [0, 0.1) is 6.92 Å². The first-order chi connectivity index (χ1) is 6.67. The van der Waals surface area contributed by atoms with Crippen molar-refractivity contribution in [3.63, 3.8) is 0 Å². The van der Waals surface area contributed by atoms with E-state index in [-0.39, 0.29) is 6.61 Å². The lowest BCUT2D eigenvalue weighted by molar-refractivity contribution is 0.112. The minimum Gasteiger partial charge on any atom is -0.395 e. The molecule has 0 aliphatic rings. The van der Waals surface area contributed by atoms with Crippen LogP contribution in [0.2, 0.25) is 0 Å². The van der Waals surface area contributed by atoms with Gasteiger partial charge in [0.25, 0.3) is 0 Å². The largest absolute Gasteiger partial charge is 0.395 e. The Morgan fingerprint density at radius 1 is 1.64 bits per heavy atom. The molecule has 0 fully saturated rings. The van der Waals surface area contributed by atoms with Crippen LogP contribution in [0.25, 0.3) is 0 Å². The molecule has 0 amide bonds. The summed E-state index contributed by atoms with van der Waals surface area (Å²) in [5.41, 5.74) is 0.789. The molecular formula is C9H14N2O2S. The molecule has 0 aliphatic heterocycles. The maximum Gasteiger partial charge on any atom is 0.161 e. The van der Waals surface area contributed by atoms with Gasteiger partial charge >= 0.3 is 0 Å². The van der Waals surface area contributed by atoms with Crippen LogP contribution in [-0.2, 0) is 6.54 Å². The third-order valence-electron chi connectivity index (χ3n) is 1.87. The first-order valence-corrected chi connectivity index (χ1v) is 5.20. The van der Waals surface area contributed by atoms with Gasteiger partial charge in [0, 0.05) is 6.54 Å². The fourth-order valence-electron chi connectivity index (χ4n) is 1.12. The van der Waals surface area contributed by atoms with Crippen molar-refractivity contribution in [2.75, 3.05) is 20.2 Å². The number of hydrogen-bond acceptors (Lipinski definition) is 5. The van der Waals surface area contributed by atoms with Gasteiger partial charge in [0.15, 0.2) is 6.29 Å². The average Bonchev–Trinajstić information content (AvgIpc) is 2.46. The highest BCUT2D eigenvalue weighted by molar-refractivity contribution is 7.13. The summed E-state index contributed by atoms with van der Waals surface area (Å²) in [6.07, 6.45) is 0.836. The van der Waals surface area contributed by atoms with Crippen molar-refractivity contribution >= 4 is 17.6 Å². The fourth-order valence-corrected chi connectivity index (χ4v) is 2.09. The number of aryl methyl sites for hydroxylation is 1. The van der Waals surface area contributed by atoms with E-state index >= 15 is 0 Å². The maximum atomic E-state index is 10.6. The van der Waals surface area contributed by atoms with Gasteiger partial charge in [-0.25, -0.2) is 4.98 Å². The quantitative estimate of drug-likeness (QED) is 0.733. The third kappa shape index (κ3) is 2.87. The van der Waals surface area contributed by atoms with E-state index in [2.05, 4.69) is 4.98 Å². The summed E-state index contributed by atoms with van der Waals surface area (Å²) in [7, 11) is 1.91. The summed E-state index contributed by atoms with van der Waals surface area (Å²) in [6.45, 7) is 3.27. The minimum absolute atomic E-state index is 0.140. The number of rotatable bonds is 5. The van der Waals surface area contributed by atoms with Crippen LogP contribution < -0.4 is 0 Å². The Labute approximate surface area is 87.2 Å². The van der Waals surface area contributed by atoms with E-state index in [0.717, 1.165) is 17.0 Å². The molecule has 4 nitrogen and oxygen atoms in total. The smallest absolute Gasteiger partial charge is 0.161 e. The number of aromatic nitrogens is 1. The van der Waals surface area contributed by atoms with Crippen LogP contribution in [0.1, 0.15) is 20.4 Å². The molecule has 78 valence electrons. The lowest BCUT2D eigenvalue weighted by atomic mass is 10.4. The number of hydrogen-bond donors (Lipinski definition) is 1. The maximum absolute atomic E-state index is 10.6. The van der Waals surface area contributed by atoms with Gasteiger partial charge in [0.2, 0.25) is 0 Å². The molecule has 0 bridgehead atoms. The summed E-state index contributed by atoms with van der Waals surface area (Å²) in [5, 5.41) is 9.62. The highest BCUT2D eigenvalue weighted by Gasteiger charge is 2.08. The zero-order valence-corrected chi connectivity index (χ0v) is 9.17. The van der Waals surface area contributed by atoms with E-state index in [9.17, 15) is 4.79 Å². The molecule has 1 rings (SSSR count). The van der Waals surface area contributed by atoms with Crippen molar-refractivity contribution in [2.24, 2.45) is 0 Å². The zero-order chi connectivity index (χ0) is 10.6. The molecule has 14 heavy (non-hydrogen) atoms. The van der Waals surface area contributed by atoms with E-state index in [1.54, 1.807) is 0 Å². The Hall–Kier alpha value is -0.780. The summed E-state index contributed by atoms with van der Waals surface area (Å²) >= 11 is 1.41. The van der Waals surface area contributed by atoms with Crippen molar-refractivity contribution in [2.45, 2.75) is 13.5 Å². The molecule has 0 atom stereocenters. The Morgan fingerprint density at radius 2 is 2.36 bits per heavy atom. The summed E-state index contributed by atoms with van der Waals surface area (Å²) in [5.74, 6) is 0. The second kappa shape index (κ2) is 5.19. The first kappa shape index (κ1) is 11.3. The van der Waals surface area contributed by atoms with Crippen LogP contribution in [0.3, 0.4) is 0 Å². The highest BCUT2D eigenvalue weighted by atomic mass is 32.1. The van der Waals surface area contributed by atoms with Crippen molar-refractivity contribution < 1.29 is 9.90 Å². The Morgan fingerprint density at radius 3 is 2.86 bits per heavy atom. The summed E-state index contributed by atoms with van der Waals surface area (Å²) in [4.78, 5) is 17.5. The van der Waals surface area contributed by atoms with Crippen LogP contribution in [-0.4, -0.2) is 41.5 Å². The molecule has 0 saturated heterocycles. The normalized spacial score (nSPS) is 10.9. The van der Waals surface area contributed by atoms with Gasteiger partial charge in [-0.1, -0.05) is 0 Å². The van der Waals surface area contributed by atoms with E-state index in [4.69, 9.17) is 5.11 Å². The number of likely N-dealkylation sites (N-methyl/N-ethyl adjacent to an activating group) is 1. The minimum atomic E-state index is 0.140. The van der Waals surface area contributed by atoms with Gasteiger partial charge in [-0.15, -0.1) is 11.3 Å². The summed E-state index contributed by atoms with van der Waals surface area (Å²) < 4.78 is 0. The Kier molecular flexibility index (Phi) is 4.19. The monoisotopic (exact) mass is 214 g/mol. The standard InChI is InChI=1S/C9H14N2O2S/c1-7-8(6-13)14-9(10-7)5-11(2)3-4-12/h6,12H,3-5H2,1-2H3. The lowest BCUT2D eigenvalue weighted by Gasteiger charge is -2.12. The number of thiazole rings is 1. The van der Waals surface area contributed by atoms with E-state index < -0.39 is 0 Å². The molecule has 0 aliphatic carbocycles. The van der Waals surface area contributed by atoms with Gasteiger partial charge < -0.3 is 5.11 Å². The number of aliphatic hydroxyl groups excluding tert-OH is 1. The van der Waals surface area contributed by atoms with E-state index in [0.29, 0.717) is 18.0 Å². The molecule has 1 heterocycles. The Bertz CT molecular complexity index is 312.